The molecule has 0 bridgehead atoms. The topological polar surface area (TPSA) is 32.5 Å². The van der Waals surface area contributed by atoms with Crippen molar-refractivity contribution in [3.05, 3.63) is 0 Å². The third kappa shape index (κ3) is 5.32. The molecule has 0 saturated carbocycles. The lowest BCUT2D eigenvalue weighted by Gasteiger charge is -2.38. The van der Waals surface area contributed by atoms with Gasteiger partial charge in [-0.05, 0) is 25.3 Å². The van der Waals surface area contributed by atoms with Crippen molar-refractivity contribution in [1.29, 1.82) is 0 Å². The Hall–Kier alpha value is -0.190. The van der Waals surface area contributed by atoms with Crippen molar-refractivity contribution in [3.63, 3.8) is 0 Å². The third-order valence-electron chi connectivity index (χ3n) is 3.54. The van der Waals surface area contributed by atoms with E-state index in [1.807, 2.05) is 0 Å². The van der Waals surface area contributed by atoms with Crippen LogP contribution in [0.4, 0.5) is 0 Å². The van der Waals surface area contributed by atoms with Crippen molar-refractivity contribution >= 4 is 17.2 Å². The maximum absolute atomic E-state index is 5.69. The summed E-state index contributed by atoms with van der Waals surface area (Å²) in [6.45, 7) is 14.7. The van der Waals surface area contributed by atoms with Crippen LogP contribution >= 0.6 is 12.2 Å². The molecule has 0 aromatic rings. The van der Waals surface area contributed by atoms with Crippen LogP contribution in [0.3, 0.4) is 0 Å². The van der Waals surface area contributed by atoms with Crippen molar-refractivity contribution in [3.8, 4) is 0 Å². The van der Waals surface area contributed by atoms with Crippen LogP contribution in [0.5, 0.6) is 0 Å². The Kier molecular flexibility index (Phi) is 5.35. The Morgan fingerprint density at radius 3 is 2.18 bits per heavy atom. The van der Waals surface area contributed by atoms with Crippen LogP contribution in [0, 0.1) is 5.41 Å². The first-order chi connectivity index (χ1) is 7.79. The monoisotopic (exact) mass is 257 g/mol. The van der Waals surface area contributed by atoms with Gasteiger partial charge in [0.15, 0.2) is 0 Å². The minimum atomic E-state index is 0.245. The molecule has 100 valence electrons. The Morgan fingerprint density at radius 2 is 1.76 bits per heavy atom. The Labute approximate surface area is 111 Å². The van der Waals surface area contributed by atoms with Gasteiger partial charge in [0.1, 0.15) is 0 Å². The number of nitrogens with two attached hydrogens (primary N) is 1. The highest BCUT2D eigenvalue weighted by atomic mass is 32.1. The highest BCUT2D eigenvalue weighted by Gasteiger charge is 2.23. The molecule has 1 atom stereocenters. The Balaban J connectivity index is 2.29. The molecule has 4 heteroatoms. The smallest absolute Gasteiger partial charge is 0.0899 e. The highest BCUT2D eigenvalue weighted by molar-refractivity contribution is 7.80. The predicted molar refractivity (Wildman–Crippen MR) is 78.3 cm³/mol. The summed E-state index contributed by atoms with van der Waals surface area (Å²) in [5.74, 6) is 0. The van der Waals surface area contributed by atoms with Gasteiger partial charge in [0, 0.05) is 26.2 Å². The molecular formula is C13H27N3S. The first-order valence-corrected chi connectivity index (χ1v) is 6.96. The van der Waals surface area contributed by atoms with E-state index in [2.05, 4.69) is 37.5 Å². The van der Waals surface area contributed by atoms with Gasteiger partial charge in [-0.2, -0.15) is 0 Å². The molecule has 0 amide bonds. The number of rotatable bonds is 4. The largest absolute Gasteiger partial charge is 0.392 e. The SMILES string of the molecule is CC(C(N)=S)N1CCN(CCC(C)(C)C)CC1. The van der Waals surface area contributed by atoms with Gasteiger partial charge < -0.3 is 10.6 Å². The molecule has 0 aliphatic carbocycles. The second kappa shape index (κ2) is 6.12. The zero-order valence-corrected chi connectivity index (χ0v) is 12.5. The molecule has 2 N–H and O–H groups in total. The first kappa shape index (κ1) is 14.9. The normalized spacial score (nSPS) is 21.4. The zero-order valence-electron chi connectivity index (χ0n) is 11.7. The summed E-state index contributed by atoms with van der Waals surface area (Å²) >= 11 is 5.05. The first-order valence-electron chi connectivity index (χ1n) is 6.55. The highest BCUT2D eigenvalue weighted by Crippen LogP contribution is 2.19. The van der Waals surface area contributed by atoms with Gasteiger partial charge in [0.05, 0.1) is 11.0 Å². The average molecular weight is 257 g/mol. The molecule has 3 nitrogen and oxygen atoms in total. The third-order valence-corrected chi connectivity index (χ3v) is 3.89. The maximum atomic E-state index is 5.69. The van der Waals surface area contributed by atoms with E-state index in [9.17, 15) is 0 Å². The quantitative estimate of drug-likeness (QED) is 0.777. The van der Waals surface area contributed by atoms with E-state index >= 15 is 0 Å². The van der Waals surface area contributed by atoms with Crippen molar-refractivity contribution in [2.75, 3.05) is 32.7 Å². The van der Waals surface area contributed by atoms with Crippen molar-refractivity contribution in [2.45, 2.75) is 40.2 Å². The fraction of sp³-hybridized carbons (Fsp3) is 0.923. The molecule has 1 saturated heterocycles. The molecule has 0 spiro atoms. The average Bonchev–Trinajstić information content (AvgIpc) is 2.25. The van der Waals surface area contributed by atoms with E-state index in [0.717, 1.165) is 26.2 Å². The van der Waals surface area contributed by atoms with Crippen LogP contribution in [0.15, 0.2) is 0 Å². The summed E-state index contributed by atoms with van der Waals surface area (Å²) in [6.07, 6.45) is 1.26. The molecule has 0 radical (unpaired) electrons. The lowest BCUT2D eigenvalue weighted by atomic mass is 9.92. The molecular weight excluding hydrogens is 230 g/mol. The molecule has 1 heterocycles. The fourth-order valence-corrected chi connectivity index (χ4v) is 2.20. The van der Waals surface area contributed by atoms with Crippen molar-refractivity contribution < 1.29 is 0 Å². The summed E-state index contributed by atoms with van der Waals surface area (Å²) in [7, 11) is 0. The summed E-state index contributed by atoms with van der Waals surface area (Å²) in [4.78, 5) is 5.55. The van der Waals surface area contributed by atoms with Crippen LogP contribution in [-0.2, 0) is 0 Å². The lowest BCUT2D eigenvalue weighted by Crippen LogP contribution is -2.52. The lowest BCUT2D eigenvalue weighted by molar-refractivity contribution is 0.113. The van der Waals surface area contributed by atoms with E-state index in [1.54, 1.807) is 0 Å². The number of nitrogens with zero attached hydrogens (tertiary/aromatic N) is 2. The van der Waals surface area contributed by atoms with Crippen LogP contribution < -0.4 is 5.73 Å². The Morgan fingerprint density at radius 1 is 1.24 bits per heavy atom. The van der Waals surface area contributed by atoms with Crippen LogP contribution in [0.1, 0.15) is 34.1 Å². The minimum Gasteiger partial charge on any atom is -0.392 e. The Bertz CT molecular complexity index is 252. The second-order valence-electron chi connectivity index (χ2n) is 6.27. The standard InChI is InChI=1S/C13H27N3S/c1-11(12(14)17)16-9-7-15(8-10-16)6-5-13(2,3)4/h11H,5-10H2,1-4H3,(H2,14,17). The van der Waals surface area contributed by atoms with E-state index in [0.29, 0.717) is 10.4 Å². The summed E-state index contributed by atoms with van der Waals surface area (Å²) in [6, 6.07) is 0.245. The van der Waals surface area contributed by atoms with E-state index in [4.69, 9.17) is 18.0 Å². The van der Waals surface area contributed by atoms with E-state index in [1.165, 1.54) is 13.0 Å². The summed E-state index contributed by atoms with van der Waals surface area (Å²) in [5, 5.41) is 0. The molecule has 1 unspecified atom stereocenters. The zero-order chi connectivity index (χ0) is 13.1. The molecule has 0 aromatic carbocycles. The van der Waals surface area contributed by atoms with Gasteiger partial charge in [0.25, 0.3) is 0 Å². The molecule has 1 aliphatic rings. The molecule has 1 aliphatic heterocycles. The maximum Gasteiger partial charge on any atom is 0.0899 e. The van der Waals surface area contributed by atoms with Crippen molar-refractivity contribution in [2.24, 2.45) is 11.1 Å². The number of hydrogen-bond donors (Lipinski definition) is 1. The van der Waals surface area contributed by atoms with E-state index in [-0.39, 0.29) is 6.04 Å². The molecule has 1 rings (SSSR count). The second-order valence-corrected chi connectivity index (χ2v) is 6.74. The number of thiocarbonyl (C=S) groups is 1. The molecule has 0 aromatic heterocycles. The van der Waals surface area contributed by atoms with Gasteiger partial charge in [-0.3, -0.25) is 4.90 Å². The van der Waals surface area contributed by atoms with Crippen LogP contribution in [0.2, 0.25) is 0 Å². The molecule has 17 heavy (non-hydrogen) atoms. The van der Waals surface area contributed by atoms with Gasteiger partial charge in [0.2, 0.25) is 0 Å². The number of hydrogen-bond acceptors (Lipinski definition) is 3. The summed E-state index contributed by atoms with van der Waals surface area (Å²) in [5.41, 5.74) is 6.13. The van der Waals surface area contributed by atoms with Crippen LogP contribution in [0.25, 0.3) is 0 Å². The predicted octanol–water partition coefficient (Wildman–Crippen LogP) is 1.71. The number of piperazine rings is 1. The fourth-order valence-electron chi connectivity index (χ4n) is 2.05. The van der Waals surface area contributed by atoms with Crippen LogP contribution in [-0.4, -0.2) is 53.6 Å². The molecule has 1 fully saturated rings. The van der Waals surface area contributed by atoms with E-state index < -0.39 is 0 Å². The van der Waals surface area contributed by atoms with Gasteiger partial charge in [-0.1, -0.05) is 33.0 Å². The van der Waals surface area contributed by atoms with Crippen molar-refractivity contribution in [1.82, 2.24) is 9.80 Å². The van der Waals surface area contributed by atoms with Gasteiger partial charge >= 0.3 is 0 Å². The van der Waals surface area contributed by atoms with Gasteiger partial charge in [-0.25, -0.2) is 0 Å². The minimum absolute atomic E-state index is 0.245. The summed E-state index contributed by atoms with van der Waals surface area (Å²) < 4.78 is 0. The van der Waals surface area contributed by atoms with Gasteiger partial charge in [-0.15, -0.1) is 0 Å².